The zero-order valence-electron chi connectivity index (χ0n) is 18.0. The van der Waals surface area contributed by atoms with Gasteiger partial charge in [0.2, 0.25) is 0 Å². The third-order valence-corrected chi connectivity index (χ3v) is 6.87. The third kappa shape index (κ3) is 3.13. The molecule has 0 unspecified atom stereocenters. The highest BCUT2D eigenvalue weighted by molar-refractivity contribution is 5.87. The van der Waals surface area contributed by atoms with Crippen molar-refractivity contribution in [2.75, 3.05) is 31.1 Å². The summed E-state index contributed by atoms with van der Waals surface area (Å²) >= 11 is 0. The largest absolute Gasteiger partial charge is 0.422 e. The summed E-state index contributed by atoms with van der Waals surface area (Å²) in [7, 11) is 0. The van der Waals surface area contributed by atoms with Crippen molar-refractivity contribution < 1.29 is 4.42 Å². The van der Waals surface area contributed by atoms with Gasteiger partial charge in [0.15, 0.2) is 0 Å². The number of nitrogens with zero attached hydrogens (tertiary/aromatic N) is 4. The Morgan fingerprint density at radius 3 is 2.87 bits per heavy atom. The maximum absolute atomic E-state index is 12.9. The molecule has 0 spiro atoms. The number of anilines is 1. The Kier molecular flexibility index (Phi) is 4.18. The first kappa shape index (κ1) is 18.6. The van der Waals surface area contributed by atoms with Crippen molar-refractivity contribution in [2.24, 2.45) is 0 Å². The highest BCUT2D eigenvalue weighted by atomic mass is 16.4. The molecule has 0 N–H and O–H groups in total. The number of hydrogen-bond acceptors (Lipinski definition) is 5. The average molecular weight is 415 g/mol. The first-order valence-electron chi connectivity index (χ1n) is 11.1. The summed E-state index contributed by atoms with van der Waals surface area (Å²) in [5.74, 6) is 0.588. The fourth-order valence-electron chi connectivity index (χ4n) is 5.30. The van der Waals surface area contributed by atoms with Crippen molar-refractivity contribution in [1.29, 1.82) is 0 Å². The van der Waals surface area contributed by atoms with E-state index in [4.69, 9.17) is 4.42 Å². The first-order valence-corrected chi connectivity index (χ1v) is 11.1. The standard InChI is InChI=1S/C25H26N4O2/c1-16-13-29-14-19(10-23(29)17(2)26-16)24-11-18-5-6-20(12-22(18)25(30)31-24)28-9-8-27-7-3-4-21(27)15-28/h5-6,10-14,21H,3-4,7-9,15H2,1-2H3/t21-/m1/s1. The zero-order chi connectivity index (χ0) is 21.1. The molecule has 3 aromatic heterocycles. The van der Waals surface area contributed by atoms with Crippen molar-refractivity contribution in [2.45, 2.75) is 32.7 Å². The summed E-state index contributed by atoms with van der Waals surface area (Å²) < 4.78 is 7.82. The molecule has 0 amide bonds. The summed E-state index contributed by atoms with van der Waals surface area (Å²) in [6.07, 6.45) is 6.56. The van der Waals surface area contributed by atoms with Crippen molar-refractivity contribution in [3.05, 3.63) is 64.5 Å². The molecular formula is C25H26N4O2. The van der Waals surface area contributed by atoms with Crippen LogP contribution < -0.4 is 10.5 Å². The first-order chi connectivity index (χ1) is 15.0. The normalized spacial score (nSPS) is 19.4. The van der Waals surface area contributed by atoms with E-state index in [9.17, 15) is 4.79 Å². The fourth-order valence-corrected chi connectivity index (χ4v) is 5.30. The van der Waals surface area contributed by atoms with Crippen LogP contribution in [-0.2, 0) is 0 Å². The highest BCUT2D eigenvalue weighted by Gasteiger charge is 2.30. The second kappa shape index (κ2) is 6.95. The van der Waals surface area contributed by atoms with Gasteiger partial charge in [-0.1, -0.05) is 6.07 Å². The molecule has 2 saturated heterocycles. The lowest BCUT2D eigenvalue weighted by molar-refractivity contribution is 0.231. The molecule has 0 saturated carbocycles. The van der Waals surface area contributed by atoms with Gasteiger partial charge in [-0.3, -0.25) is 9.88 Å². The fraction of sp³-hybridized carbons (Fsp3) is 0.360. The van der Waals surface area contributed by atoms with Gasteiger partial charge >= 0.3 is 5.63 Å². The van der Waals surface area contributed by atoms with E-state index < -0.39 is 0 Å². The van der Waals surface area contributed by atoms with E-state index >= 15 is 0 Å². The van der Waals surface area contributed by atoms with Crippen LogP contribution in [0.1, 0.15) is 24.2 Å². The van der Waals surface area contributed by atoms with Crippen molar-refractivity contribution in [3.63, 3.8) is 0 Å². The summed E-state index contributed by atoms with van der Waals surface area (Å²) in [4.78, 5) is 22.5. The molecule has 31 heavy (non-hydrogen) atoms. The van der Waals surface area contributed by atoms with Gasteiger partial charge in [-0.2, -0.15) is 0 Å². The minimum absolute atomic E-state index is 0.282. The Morgan fingerprint density at radius 1 is 1.06 bits per heavy atom. The van der Waals surface area contributed by atoms with E-state index in [1.807, 2.05) is 48.8 Å². The van der Waals surface area contributed by atoms with Crippen LogP contribution in [0.4, 0.5) is 5.69 Å². The topological polar surface area (TPSA) is 54.0 Å². The van der Waals surface area contributed by atoms with Crippen LogP contribution in [0.2, 0.25) is 0 Å². The van der Waals surface area contributed by atoms with E-state index in [1.54, 1.807) is 0 Å². The summed E-state index contributed by atoms with van der Waals surface area (Å²) in [6, 6.07) is 10.8. The lowest BCUT2D eigenvalue weighted by Crippen LogP contribution is -2.50. The Bertz CT molecular complexity index is 1370. The summed E-state index contributed by atoms with van der Waals surface area (Å²) in [5, 5.41) is 1.56. The molecule has 2 aliphatic rings. The quantitative estimate of drug-likeness (QED) is 0.496. The van der Waals surface area contributed by atoms with Crippen LogP contribution in [-0.4, -0.2) is 46.5 Å². The summed E-state index contributed by atoms with van der Waals surface area (Å²) in [6.45, 7) is 8.36. The third-order valence-electron chi connectivity index (χ3n) is 6.87. The number of aryl methyl sites for hydroxylation is 2. The van der Waals surface area contributed by atoms with E-state index in [2.05, 4.69) is 26.9 Å². The van der Waals surface area contributed by atoms with Gasteiger partial charge < -0.3 is 13.7 Å². The van der Waals surface area contributed by atoms with Crippen molar-refractivity contribution in [1.82, 2.24) is 14.3 Å². The van der Waals surface area contributed by atoms with Crippen LogP contribution in [0.3, 0.4) is 0 Å². The molecule has 4 aromatic rings. The van der Waals surface area contributed by atoms with Gasteiger partial charge in [0.05, 0.1) is 22.3 Å². The number of hydrogen-bond donors (Lipinski definition) is 0. The van der Waals surface area contributed by atoms with Crippen molar-refractivity contribution in [3.8, 4) is 11.3 Å². The van der Waals surface area contributed by atoms with Gasteiger partial charge in [-0.15, -0.1) is 0 Å². The molecule has 1 atom stereocenters. The van der Waals surface area contributed by atoms with Gasteiger partial charge in [-0.25, -0.2) is 4.79 Å². The van der Waals surface area contributed by atoms with Gasteiger partial charge in [0.1, 0.15) is 5.76 Å². The van der Waals surface area contributed by atoms with Crippen LogP contribution in [0.15, 0.2) is 51.9 Å². The molecule has 158 valence electrons. The average Bonchev–Trinajstić information content (AvgIpc) is 3.40. The smallest absolute Gasteiger partial charge is 0.344 e. The molecule has 2 fully saturated rings. The SMILES string of the molecule is Cc1cn2cc(-c3cc4ccc(N5CCN6CCC[C@@H]6C5)cc4c(=O)o3)cc2c(C)n1. The Hall–Kier alpha value is -3.12. The number of aromatic nitrogens is 2. The molecule has 1 aromatic carbocycles. The monoisotopic (exact) mass is 414 g/mol. The van der Waals surface area contributed by atoms with Crippen LogP contribution in [0, 0.1) is 13.8 Å². The molecule has 0 radical (unpaired) electrons. The second-order valence-electron chi connectivity index (χ2n) is 8.94. The van der Waals surface area contributed by atoms with Gasteiger partial charge in [0, 0.05) is 49.3 Å². The number of piperazine rings is 1. The van der Waals surface area contributed by atoms with Crippen LogP contribution >= 0.6 is 0 Å². The van der Waals surface area contributed by atoms with E-state index in [0.29, 0.717) is 17.2 Å². The predicted molar refractivity (Wildman–Crippen MR) is 123 cm³/mol. The number of fused-ring (bicyclic) bond motifs is 3. The Morgan fingerprint density at radius 2 is 1.97 bits per heavy atom. The lowest BCUT2D eigenvalue weighted by atomic mass is 10.1. The Labute approximate surface area is 180 Å². The van der Waals surface area contributed by atoms with Crippen LogP contribution in [0.25, 0.3) is 27.6 Å². The minimum atomic E-state index is -0.282. The lowest BCUT2D eigenvalue weighted by Gasteiger charge is -2.38. The zero-order valence-corrected chi connectivity index (χ0v) is 18.0. The Balaban J connectivity index is 1.37. The maximum Gasteiger partial charge on any atom is 0.344 e. The molecule has 6 heteroatoms. The van der Waals surface area contributed by atoms with Crippen LogP contribution in [0.5, 0.6) is 0 Å². The van der Waals surface area contributed by atoms with E-state index in [1.165, 1.54) is 19.4 Å². The molecule has 0 bridgehead atoms. The highest BCUT2D eigenvalue weighted by Crippen LogP contribution is 2.30. The molecule has 5 heterocycles. The number of benzene rings is 1. The second-order valence-corrected chi connectivity index (χ2v) is 8.94. The maximum atomic E-state index is 12.9. The summed E-state index contributed by atoms with van der Waals surface area (Å²) in [5.41, 5.74) is 4.65. The molecule has 6 rings (SSSR count). The molecule has 6 nitrogen and oxygen atoms in total. The predicted octanol–water partition coefficient (Wildman–Crippen LogP) is 4.01. The molecule has 0 aliphatic carbocycles. The molecular weight excluding hydrogens is 388 g/mol. The number of rotatable bonds is 2. The van der Waals surface area contributed by atoms with Gasteiger partial charge in [0.25, 0.3) is 0 Å². The van der Waals surface area contributed by atoms with Crippen molar-refractivity contribution >= 4 is 22.0 Å². The minimum Gasteiger partial charge on any atom is -0.422 e. The molecule has 2 aliphatic heterocycles. The van der Waals surface area contributed by atoms with Gasteiger partial charge in [-0.05, 0) is 62.9 Å². The van der Waals surface area contributed by atoms with E-state index in [-0.39, 0.29) is 5.63 Å². The van der Waals surface area contributed by atoms with E-state index in [0.717, 1.165) is 53.2 Å².